The largest absolute Gasteiger partial charge is 0.480 e. The maximum atomic E-state index is 10.7. The second kappa shape index (κ2) is 5.27. The van der Waals surface area contributed by atoms with Crippen molar-refractivity contribution < 1.29 is 9.90 Å². The molecule has 0 aliphatic carbocycles. The van der Waals surface area contributed by atoms with Gasteiger partial charge in [0.1, 0.15) is 6.04 Å². The molecule has 0 fully saturated rings. The van der Waals surface area contributed by atoms with Gasteiger partial charge in [0, 0.05) is 6.42 Å². The standard InChI is InChI=1S/C11H15N3O2/c1-7(12)14-10-5-3-2-4-8(10)6-9(13)11(15)16/h2-5,9H,6,13H2,1H3,(H2,12,14)(H,15,16)/t9-/m0/s1. The van der Waals surface area contributed by atoms with Crippen molar-refractivity contribution in [2.45, 2.75) is 19.4 Å². The highest BCUT2D eigenvalue weighted by Crippen LogP contribution is 2.19. The van der Waals surface area contributed by atoms with Gasteiger partial charge in [-0.1, -0.05) is 18.2 Å². The highest BCUT2D eigenvalue weighted by molar-refractivity contribution is 5.81. The van der Waals surface area contributed by atoms with Crippen LogP contribution in [0.2, 0.25) is 0 Å². The first-order valence-electron chi connectivity index (χ1n) is 4.87. The third-order valence-electron chi connectivity index (χ3n) is 2.05. The summed E-state index contributed by atoms with van der Waals surface area (Å²) in [5.74, 6) is -0.598. The average Bonchev–Trinajstić information content (AvgIpc) is 2.20. The van der Waals surface area contributed by atoms with Crippen molar-refractivity contribution in [1.82, 2.24) is 0 Å². The lowest BCUT2D eigenvalue weighted by molar-refractivity contribution is -0.138. The number of hydrogen-bond donors (Lipinski definition) is 3. The Hall–Kier alpha value is -1.88. The molecule has 0 bridgehead atoms. The van der Waals surface area contributed by atoms with Crippen LogP contribution in [0.15, 0.2) is 29.3 Å². The molecule has 86 valence electrons. The van der Waals surface area contributed by atoms with E-state index in [4.69, 9.17) is 16.6 Å². The van der Waals surface area contributed by atoms with E-state index >= 15 is 0 Å². The van der Waals surface area contributed by atoms with Crippen LogP contribution in [0.3, 0.4) is 0 Å². The molecule has 5 N–H and O–H groups in total. The fourth-order valence-electron chi connectivity index (χ4n) is 1.31. The van der Waals surface area contributed by atoms with Gasteiger partial charge in [-0.2, -0.15) is 0 Å². The summed E-state index contributed by atoms with van der Waals surface area (Å²) < 4.78 is 0. The monoisotopic (exact) mass is 221 g/mol. The van der Waals surface area contributed by atoms with Gasteiger partial charge >= 0.3 is 5.97 Å². The number of amidine groups is 1. The van der Waals surface area contributed by atoms with Crippen LogP contribution >= 0.6 is 0 Å². The Morgan fingerprint density at radius 3 is 2.69 bits per heavy atom. The molecule has 0 heterocycles. The molecular formula is C11H15N3O2. The highest BCUT2D eigenvalue weighted by atomic mass is 16.4. The minimum atomic E-state index is -1.02. The summed E-state index contributed by atoms with van der Waals surface area (Å²) in [6.45, 7) is 1.67. The molecule has 0 aliphatic rings. The van der Waals surface area contributed by atoms with Crippen LogP contribution < -0.4 is 11.5 Å². The third kappa shape index (κ3) is 3.36. The molecule has 1 rings (SSSR count). The topological polar surface area (TPSA) is 102 Å². The second-order valence-electron chi connectivity index (χ2n) is 3.53. The zero-order chi connectivity index (χ0) is 12.1. The van der Waals surface area contributed by atoms with Gasteiger partial charge in [-0.25, -0.2) is 4.99 Å². The average molecular weight is 221 g/mol. The Balaban J connectivity index is 2.95. The van der Waals surface area contributed by atoms with Gasteiger partial charge in [0.25, 0.3) is 0 Å². The number of rotatable bonds is 4. The number of carboxylic acids is 1. The maximum absolute atomic E-state index is 10.7. The first kappa shape index (κ1) is 12.2. The van der Waals surface area contributed by atoms with E-state index in [-0.39, 0.29) is 6.42 Å². The van der Waals surface area contributed by atoms with Crippen LogP contribution in [-0.4, -0.2) is 23.0 Å². The lowest BCUT2D eigenvalue weighted by Gasteiger charge is -2.09. The number of aliphatic carboxylic acids is 1. The minimum Gasteiger partial charge on any atom is -0.480 e. The van der Waals surface area contributed by atoms with E-state index < -0.39 is 12.0 Å². The van der Waals surface area contributed by atoms with Crippen LogP contribution in [0.25, 0.3) is 0 Å². The summed E-state index contributed by atoms with van der Waals surface area (Å²) in [6.07, 6.45) is 0.238. The van der Waals surface area contributed by atoms with E-state index in [2.05, 4.69) is 4.99 Å². The molecule has 1 atom stereocenters. The molecule has 5 nitrogen and oxygen atoms in total. The van der Waals surface area contributed by atoms with Crippen molar-refractivity contribution in [1.29, 1.82) is 0 Å². The smallest absolute Gasteiger partial charge is 0.320 e. The van der Waals surface area contributed by atoms with Gasteiger partial charge in [-0.15, -0.1) is 0 Å². The van der Waals surface area contributed by atoms with Crippen LogP contribution in [0, 0.1) is 0 Å². The van der Waals surface area contributed by atoms with Gasteiger partial charge in [-0.05, 0) is 18.6 Å². The quantitative estimate of drug-likeness (QED) is 0.513. The molecule has 1 aromatic carbocycles. The van der Waals surface area contributed by atoms with Gasteiger partial charge in [0.2, 0.25) is 0 Å². The third-order valence-corrected chi connectivity index (χ3v) is 2.05. The Morgan fingerprint density at radius 1 is 1.50 bits per heavy atom. The van der Waals surface area contributed by atoms with E-state index in [1.54, 1.807) is 19.1 Å². The SMILES string of the molecule is CC(N)=Nc1ccccc1C[C@H](N)C(=O)O. The summed E-state index contributed by atoms with van der Waals surface area (Å²) in [4.78, 5) is 14.8. The van der Waals surface area contributed by atoms with Crippen LogP contribution in [0.5, 0.6) is 0 Å². The second-order valence-corrected chi connectivity index (χ2v) is 3.53. The van der Waals surface area contributed by atoms with E-state index in [0.29, 0.717) is 11.5 Å². The van der Waals surface area contributed by atoms with Crippen molar-refractivity contribution in [3.05, 3.63) is 29.8 Å². The maximum Gasteiger partial charge on any atom is 0.320 e. The van der Waals surface area contributed by atoms with E-state index in [1.807, 2.05) is 12.1 Å². The molecule has 0 aromatic heterocycles. The van der Waals surface area contributed by atoms with Crippen molar-refractivity contribution in [3.63, 3.8) is 0 Å². The Bertz CT molecular complexity index is 411. The number of nitrogens with zero attached hydrogens (tertiary/aromatic N) is 1. The molecule has 0 saturated carbocycles. The zero-order valence-electron chi connectivity index (χ0n) is 9.05. The molecule has 1 aromatic rings. The molecule has 0 radical (unpaired) electrons. The summed E-state index contributed by atoms with van der Waals surface area (Å²) >= 11 is 0. The molecule has 0 unspecified atom stereocenters. The van der Waals surface area contributed by atoms with Gasteiger partial charge < -0.3 is 16.6 Å². The number of para-hydroxylation sites is 1. The summed E-state index contributed by atoms with van der Waals surface area (Å²) in [7, 11) is 0. The molecule has 5 heteroatoms. The van der Waals surface area contributed by atoms with E-state index in [0.717, 1.165) is 5.56 Å². The fraction of sp³-hybridized carbons (Fsp3) is 0.273. The van der Waals surface area contributed by atoms with Gasteiger partial charge in [0.15, 0.2) is 0 Å². The molecule has 0 aliphatic heterocycles. The zero-order valence-corrected chi connectivity index (χ0v) is 9.05. The number of hydrogen-bond acceptors (Lipinski definition) is 3. The molecule has 16 heavy (non-hydrogen) atoms. The van der Waals surface area contributed by atoms with E-state index in [9.17, 15) is 4.79 Å². The van der Waals surface area contributed by atoms with Crippen LogP contribution in [0.1, 0.15) is 12.5 Å². The number of carboxylic acid groups (broad SMARTS) is 1. The van der Waals surface area contributed by atoms with Crippen molar-refractivity contribution in [2.24, 2.45) is 16.5 Å². The van der Waals surface area contributed by atoms with Crippen molar-refractivity contribution in [3.8, 4) is 0 Å². The first-order valence-corrected chi connectivity index (χ1v) is 4.87. The van der Waals surface area contributed by atoms with Gasteiger partial charge in [0.05, 0.1) is 11.5 Å². The van der Waals surface area contributed by atoms with Gasteiger partial charge in [-0.3, -0.25) is 4.79 Å². The van der Waals surface area contributed by atoms with E-state index in [1.165, 1.54) is 0 Å². The predicted octanol–water partition coefficient (Wildman–Crippen LogP) is 0.650. The van der Waals surface area contributed by atoms with Crippen LogP contribution in [0.4, 0.5) is 5.69 Å². The molecular weight excluding hydrogens is 206 g/mol. The number of aliphatic imine (C=N–C) groups is 1. The summed E-state index contributed by atoms with van der Waals surface area (Å²) in [5.41, 5.74) is 12.4. The first-order chi connectivity index (χ1) is 7.50. The summed E-state index contributed by atoms with van der Waals surface area (Å²) in [5, 5.41) is 8.73. The fourth-order valence-corrected chi connectivity index (χ4v) is 1.31. The number of carbonyl (C=O) groups is 1. The lowest BCUT2D eigenvalue weighted by Crippen LogP contribution is -2.32. The number of nitrogens with two attached hydrogens (primary N) is 2. The van der Waals surface area contributed by atoms with Crippen molar-refractivity contribution in [2.75, 3.05) is 0 Å². The normalized spacial score (nSPS) is 13.5. The summed E-state index contributed by atoms with van der Waals surface area (Å²) in [6, 6.07) is 6.28. The van der Waals surface area contributed by atoms with Crippen molar-refractivity contribution >= 4 is 17.5 Å². The minimum absolute atomic E-state index is 0.238. The highest BCUT2D eigenvalue weighted by Gasteiger charge is 2.13. The molecule has 0 saturated heterocycles. The number of benzene rings is 1. The molecule has 0 spiro atoms. The Labute approximate surface area is 93.8 Å². The Morgan fingerprint density at radius 2 is 2.12 bits per heavy atom. The van der Waals surface area contributed by atoms with Crippen LogP contribution in [-0.2, 0) is 11.2 Å². The Kier molecular flexibility index (Phi) is 4.02. The predicted molar refractivity (Wildman–Crippen MR) is 62.7 cm³/mol. The molecule has 0 amide bonds. The lowest BCUT2D eigenvalue weighted by atomic mass is 10.0.